The number of amides is 1. The summed E-state index contributed by atoms with van der Waals surface area (Å²) in [6, 6.07) is 22.9. The van der Waals surface area contributed by atoms with Gasteiger partial charge in [0.15, 0.2) is 0 Å². The number of rotatable bonds is 7. The van der Waals surface area contributed by atoms with Crippen LogP contribution in [0.15, 0.2) is 84.4 Å². The number of benzene rings is 3. The second-order valence-electron chi connectivity index (χ2n) is 8.94. The highest BCUT2D eigenvalue weighted by Gasteiger charge is 2.47. The number of aliphatic hydroxyl groups excluding tert-OH is 1. The molecule has 184 valence electrons. The third-order valence-corrected chi connectivity index (χ3v) is 6.78. The van der Waals surface area contributed by atoms with Gasteiger partial charge in [0.2, 0.25) is 0 Å². The van der Waals surface area contributed by atoms with Crippen molar-refractivity contribution in [2.75, 3.05) is 13.2 Å². The summed E-state index contributed by atoms with van der Waals surface area (Å²) in [6.45, 7) is 1.34. The molecule has 1 amide bonds. The van der Waals surface area contributed by atoms with Crippen molar-refractivity contribution < 1.29 is 24.2 Å². The van der Waals surface area contributed by atoms with Crippen molar-refractivity contribution in [3.63, 3.8) is 0 Å². The van der Waals surface area contributed by atoms with E-state index in [9.17, 15) is 14.7 Å². The third kappa shape index (κ3) is 5.01. The molecule has 2 fully saturated rings. The van der Waals surface area contributed by atoms with Crippen molar-refractivity contribution in [3.8, 4) is 5.75 Å². The predicted octanol–water partition coefficient (Wildman–Crippen LogP) is 5.52. The maximum Gasteiger partial charge on any atom is 0.295 e. The summed E-state index contributed by atoms with van der Waals surface area (Å²) < 4.78 is 11.7. The van der Waals surface area contributed by atoms with Crippen LogP contribution < -0.4 is 4.74 Å². The summed E-state index contributed by atoms with van der Waals surface area (Å²) in [4.78, 5) is 27.8. The molecule has 0 bridgehead atoms. The molecule has 1 N–H and O–H groups in total. The first-order valence-electron chi connectivity index (χ1n) is 11.9. The molecule has 2 atom stereocenters. The lowest BCUT2D eigenvalue weighted by molar-refractivity contribution is -0.140. The van der Waals surface area contributed by atoms with Crippen LogP contribution in [-0.4, -0.2) is 41.0 Å². The van der Waals surface area contributed by atoms with E-state index < -0.39 is 17.7 Å². The molecule has 2 saturated heterocycles. The molecule has 6 nitrogen and oxygen atoms in total. The van der Waals surface area contributed by atoms with Crippen molar-refractivity contribution >= 4 is 29.1 Å². The van der Waals surface area contributed by atoms with Crippen LogP contribution in [0.2, 0.25) is 5.02 Å². The monoisotopic (exact) mass is 503 g/mol. The molecule has 3 aromatic rings. The molecule has 0 saturated carbocycles. The van der Waals surface area contributed by atoms with Crippen LogP contribution in [0, 0.1) is 0 Å². The number of Topliss-reactive ketones (excluding diaryl/α,β-unsaturated/α-hetero) is 1. The maximum atomic E-state index is 13.2. The number of halogens is 1. The predicted molar refractivity (Wildman–Crippen MR) is 137 cm³/mol. The minimum atomic E-state index is -0.743. The summed E-state index contributed by atoms with van der Waals surface area (Å²) in [5, 5.41) is 11.7. The molecule has 0 spiro atoms. The van der Waals surface area contributed by atoms with Gasteiger partial charge < -0.3 is 19.5 Å². The summed E-state index contributed by atoms with van der Waals surface area (Å²) in [6.07, 6.45) is 1.59. The summed E-state index contributed by atoms with van der Waals surface area (Å²) in [5.74, 6) is -0.920. The lowest BCUT2D eigenvalue weighted by Crippen LogP contribution is -2.36. The highest BCUT2D eigenvalue weighted by molar-refractivity contribution is 6.46. The molecule has 36 heavy (non-hydrogen) atoms. The summed E-state index contributed by atoms with van der Waals surface area (Å²) >= 11 is 6.00. The number of ether oxygens (including phenoxy) is 2. The highest BCUT2D eigenvalue weighted by Crippen LogP contribution is 2.40. The minimum Gasteiger partial charge on any atom is -0.507 e. The zero-order valence-corrected chi connectivity index (χ0v) is 20.4. The molecule has 0 radical (unpaired) electrons. The van der Waals surface area contributed by atoms with E-state index in [-0.39, 0.29) is 24.0 Å². The van der Waals surface area contributed by atoms with E-state index >= 15 is 0 Å². The van der Waals surface area contributed by atoms with E-state index in [0.717, 1.165) is 18.4 Å². The summed E-state index contributed by atoms with van der Waals surface area (Å²) in [5.41, 5.74) is 2.23. The molecule has 2 heterocycles. The number of ketones is 1. The topological polar surface area (TPSA) is 76.1 Å². The normalized spacial score (nSPS) is 21.2. The maximum absolute atomic E-state index is 13.2. The fourth-order valence-electron chi connectivity index (χ4n) is 4.67. The van der Waals surface area contributed by atoms with E-state index in [1.807, 2.05) is 54.6 Å². The highest BCUT2D eigenvalue weighted by atomic mass is 35.5. The lowest BCUT2D eigenvalue weighted by atomic mass is 9.95. The Morgan fingerprint density at radius 2 is 1.72 bits per heavy atom. The van der Waals surface area contributed by atoms with Gasteiger partial charge in [0.25, 0.3) is 11.7 Å². The molecule has 0 aromatic heterocycles. The molecule has 2 unspecified atom stereocenters. The van der Waals surface area contributed by atoms with Crippen molar-refractivity contribution in [2.24, 2.45) is 0 Å². The van der Waals surface area contributed by atoms with E-state index in [1.54, 1.807) is 24.3 Å². The second-order valence-corrected chi connectivity index (χ2v) is 9.37. The second kappa shape index (κ2) is 10.6. The van der Waals surface area contributed by atoms with Gasteiger partial charge in [-0.3, -0.25) is 9.59 Å². The molecule has 2 aliphatic rings. The van der Waals surface area contributed by atoms with Gasteiger partial charge in [0.05, 0.1) is 17.7 Å². The standard InChI is InChI=1S/C29H26ClNO5/c30-22-12-8-21(9-13-22)27(32)25-26(31(29(34)28(25)33)17-24-7-4-16-35-24)20-10-14-23(15-11-20)36-18-19-5-2-1-3-6-19/h1-3,5-6,8-15,24,26,32H,4,7,16-18H2/b27-25-. The van der Waals surface area contributed by atoms with Crippen LogP contribution in [0.3, 0.4) is 0 Å². The zero-order chi connectivity index (χ0) is 25.1. The van der Waals surface area contributed by atoms with Gasteiger partial charge in [-0.05, 0) is 60.4 Å². The number of aliphatic hydroxyl groups is 1. The molecule has 0 aliphatic carbocycles. The van der Waals surface area contributed by atoms with Gasteiger partial charge in [-0.1, -0.05) is 54.1 Å². The van der Waals surface area contributed by atoms with Gasteiger partial charge in [-0.15, -0.1) is 0 Å². The Bertz CT molecular complexity index is 1270. The number of carbonyl (C=O) groups excluding carboxylic acids is 2. The van der Waals surface area contributed by atoms with E-state index in [0.29, 0.717) is 35.1 Å². The minimum absolute atomic E-state index is 0.0540. The molecular formula is C29H26ClNO5. The van der Waals surface area contributed by atoms with E-state index in [4.69, 9.17) is 21.1 Å². The smallest absolute Gasteiger partial charge is 0.295 e. The van der Waals surface area contributed by atoms with Crippen molar-refractivity contribution in [2.45, 2.75) is 31.6 Å². The van der Waals surface area contributed by atoms with Crippen LogP contribution in [0.4, 0.5) is 0 Å². The largest absolute Gasteiger partial charge is 0.507 e. The molecule has 7 heteroatoms. The van der Waals surface area contributed by atoms with E-state index in [2.05, 4.69) is 0 Å². The van der Waals surface area contributed by atoms with Gasteiger partial charge in [-0.2, -0.15) is 0 Å². The first kappa shape index (κ1) is 24.1. The van der Waals surface area contributed by atoms with Crippen LogP contribution in [0.25, 0.3) is 5.76 Å². The Kier molecular flexibility index (Phi) is 7.07. The van der Waals surface area contributed by atoms with Crippen LogP contribution in [-0.2, 0) is 20.9 Å². The van der Waals surface area contributed by atoms with E-state index in [1.165, 1.54) is 4.90 Å². The molecule has 3 aromatic carbocycles. The first-order valence-corrected chi connectivity index (χ1v) is 12.3. The van der Waals surface area contributed by atoms with Crippen molar-refractivity contribution in [1.29, 1.82) is 0 Å². The average molecular weight is 504 g/mol. The van der Waals surface area contributed by atoms with Crippen LogP contribution in [0.1, 0.15) is 35.6 Å². The quantitative estimate of drug-likeness (QED) is 0.261. The molecular weight excluding hydrogens is 478 g/mol. The third-order valence-electron chi connectivity index (χ3n) is 6.53. The Morgan fingerprint density at radius 3 is 2.39 bits per heavy atom. The molecule has 5 rings (SSSR count). The number of likely N-dealkylation sites (tertiary alicyclic amines) is 1. The number of hydrogen-bond acceptors (Lipinski definition) is 5. The van der Waals surface area contributed by atoms with Gasteiger partial charge in [0, 0.05) is 23.7 Å². The van der Waals surface area contributed by atoms with Crippen LogP contribution in [0.5, 0.6) is 5.75 Å². The Labute approximate surface area is 214 Å². The van der Waals surface area contributed by atoms with Crippen molar-refractivity contribution in [1.82, 2.24) is 4.90 Å². The first-order chi connectivity index (χ1) is 17.5. The fraction of sp³-hybridized carbons (Fsp3) is 0.241. The van der Waals surface area contributed by atoms with Gasteiger partial charge in [-0.25, -0.2) is 0 Å². The Hall–Kier alpha value is -3.61. The summed E-state index contributed by atoms with van der Waals surface area (Å²) in [7, 11) is 0. The SMILES string of the molecule is O=C1C(=O)N(CC2CCCO2)C(c2ccc(OCc3ccccc3)cc2)/C1=C(/O)c1ccc(Cl)cc1. The van der Waals surface area contributed by atoms with Crippen molar-refractivity contribution in [3.05, 3.63) is 106 Å². The Balaban J connectivity index is 1.48. The zero-order valence-electron chi connectivity index (χ0n) is 19.6. The number of carbonyl (C=O) groups is 2. The van der Waals surface area contributed by atoms with Crippen LogP contribution >= 0.6 is 11.6 Å². The molecule has 2 aliphatic heterocycles. The number of hydrogen-bond donors (Lipinski definition) is 1. The number of nitrogens with zero attached hydrogens (tertiary/aromatic N) is 1. The van der Waals surface area contributed by atoms with Gasteiger partial charge in [0.1, 0.15) is 18.1 Å². The average Bonchev–Trinajstić information content (AvgIpc) is 3.51. The fourth-order valence-corrected chi connectivity index (χ4v) is 4.80. The Morgan fingerprint density at radius 1 is 1.00 bits per heavy atom. The van der Waals surface area contributed by atoms with Gasteiger partial charge >= 0.3 is 0 Å². The lowest BCUT2D eigenvalue weighted by Gasteiger charge is -2.27.